The monoisotopic (exact) mass is 591 g/mol. The van der Waals surface area contributed by atoms with Gasteiger partial charge in [0.25, 0.3) is 0 Å². The van der Waals surface area contributed by atoms with E-state index in [1.807, 2.05) is 16.7 Å². The van der Waals surface area contributed by atoms with Crippen molar-refractivity contribution in [2.24, 2.45) is 5.92 Å². The highest BCUT2D eigenvalue weighted by Gasteiger charge is 2.27. The van der Waals surface area contributed by atoms with Crippen LogP contribution in [0.15, 0.2) is 33.0 Å². The number of halogens is 1. The molecule has 196 valence electrons. The van der Waals surface area contributed by atoms with Gasteiger partial charge >= 0.3 is 6.09 Å². The maximum Gasteiger partial charge on any atom is 0.405 e. The summed E-state index contributed by atoms with van der Waals surface area (Å²) in [4.78, 5) is 38.4. The highest BCUT2D eigenvalue weighted by atomic mass is 79.9. The number of nitrogens with zero attached hydrogens (tertiary/aromatic N) is 4. The van der Waals surface area contributed by atoms with Crippen LogP contribution in [0.3, 0.4) is 0 Å². The van der Waals surface area contributed by atoms with Crippen LogP contribution in [0.5, 0.6) is 11.5 Å². The Labute approximate surface area is 224 Å². The van der Waals surface area contributed by atoms with Crippen molar-refractivity contribution in [2.45, 2.75) is 48.8 Å². The fourth-order valence-electron chi connectivity index (χ4n) is 4.60. The second kappa shape index (κ2) is 10.6. The molecule has 4 N–H and O–H groups in total. The van der Waals surface area contributed by atoms with Gasteiger partial charge in [-0.25, -0.2) is 14.8 Å². The molecule has 14 heteroatoms. The predicted molar refractivity (Wildman–Crippen MR) is 137 cm³/mol. The molecule has 2 aliphatic heterocycles. The van der Waals surface area contributed by atoms with Crippen LogP contribution < -0.4 is 20.3 Å². The van der Waals surface area contributed by atoms with Crippen LogP contribution in [-0.2, 0) is 11.3 Å². The zero-order valence-electron chi connectivity index (χ0n) is 20.0. The van der Waals surface area contributed by atoms with E-state index in [0.29, 0.717) is 47.5 Å². The summed E-state index contributed by atoms with van der Waals surface area (Å²) >= 11 is 4.99. The Morgan fingerprint density at radius 3 is 2.95 bits per heavy atom. The first-order valence-corrected chi connectivity index (χ1v) is 13.4. The van der Waals surface area contributed by atoms with Crippen LogP contribution in [0.4, 0.5) is 4.79 Å². The number of rotatable bonds is 7. The number of fused-ring (bicyclic) bond motifs is 2. The fraction of sp³-hybridized carbons (Fsp3) is 0.435. The maximum atomic E-state index is 12.6. The third-order valence-corrected chi connectivity index (χ3v) is 8.31. The first-order chi connectivity index (χ1) is 17.8. The minimum Gasteiger partial charge on any atom is -0.465 e. The number of hydrogen-bond acceptors (Lipinski definition) is 8. The molecule has 0 spiro atoms. The number of aromatic amines is 1. The Hall–Kier alpha value is -3.26. The van der Waals surface area contributed by atoms with E-state index in [2.05, 4.69) is 31.2 Å². The SMILES string of the molecule is C[C@H](NC(=O)O)C(=O)N1CCCC(CCn2cnc(=N)c3[nH]c(Sc4cc5c(cc4Br)OCO5)nc32)C1. The van der Waals surface area contributed by atoms with E-state index in [1.54, 1.807) is 18.2 Å². The van der Waals surface area contributed by atoms with E-state index in [0.717, 1.165) is 28.6 Å². The Kier molecular flexibility index (Phi) is 7.29. The third-order valence-electron chi connectivity index (χ3n) is 6.45. The molecule has 2 atom stereocenters. The van der Waals surface area contributed by atoms with Crippen LogP contribution in [0.2, 0.25) is 0 Å². The maximum absolute atomic E-state index is 12.6. The second-order valence-electron chi connectivity index (χ2n) is 9.02. The number of nitrogens with one attached hydrogen (secondary N) is 3. The van der Waals surface area contributed by atoms with Crippen molar-refractivity contribution < 1.29 is 24.2 Å². The Morgan fingerprint density at radius 1 is 1.38 bits per heavy atom. The number of hydrogen-bond donors (Lipinski definition) is 4. The number of likely N-dealkylation sites (tertiary alicyclic amines) is 1. The van der Waals surface area contributed by atoms with Crippen LogP contribution in [0, 0.1) is 11.3 Å². The number of aryl methyl sites for hydroxylation is 1. The normalized spacial score (nSPS) is 17.7. The number of carboxylic acid groups (broad SMARTS) is 1. The second-order valence-corrected chi connectivity index (χ2v) is 10.9. The molecule has 37 heavy (non-hydrogen) atoms. The van der Waals surface area contributed by atoms with E-state index in [9.17, 15) is 9.59 Å². The summed E-state index contributed by atoms with van der Waals surface area (Å²) in [6.45, 7) is 3.60. The molecule has 0 bridgehead atoms. The average Bonchev–Trinajstić information content (AvgIpc) is 3.50. The lowest BCUT2D eigenvalue weighted by Crippen LogP contribution is -2.49. The fourth-order valence-corrected chi connectivity index (χ4v) is 5.98. The quantitative estimate of drug-likeness (QED) is 0.326. The number of carbonyl (C=O) groups excluding carboxylic acids is 1. The minimum absolute atomic E-state index is 0.115. The number of ether oxygens (including phenoxy) is 2. The highest BCUT2D eigenvalue weighted by molar-refractivity contribution is 9.10. The van der Waals surface area contributed by atoms with Crippen molar-refractivity contribution in [3.63, 3.8) is 0 Å². The van der Waals surface area contributed by atoms with Gasteiger partial charge in [-0.3, -0.25) is 10.2 Å². The van der Waals surface area contributed by atoms with Gasteiger partial charge in [0, 0.05) is 29.0 Å². The largest absolute Gasteiger partial charge is 0.465 e. The Balaban J connectivity index is 1.28. The molecule has 0 radical (unpaired) electrons. The van der Waals surface area contributed by atoms with Gasteiger partial charge < -0.3 is 34.3 Å². The minimum atomic E-state index is -1.21. The van der Waals surface area contributed by atoms with Gasteiger partial charge in [0.15, 0.2) is 27.8 Å². The number of carbonyl (C=O) groups is 2. The number of piperidine rings is 1. The van der Waals surface area contributed by atoms with Gasteiger partial charge in [-0.1, -0.05) is 11.8 Å². The average molecular weight is 592 g/mol. The predicted octanol–water partition coefficient (Wildman–Crippen LogP) is 3.17. The molecule has 1 saturated heterocycles. The van der Waals surface area contributed by atoms with Gasteiger partial charge in [-0.05, 0) is 60.2 Å². The number of aromatic nitrogens is 4. The first kappa shape index (κ1) is 25.4. The van der Waals surface area contributed by atoms with Crippen molar-refractivity contribution in [3.8, 4) is 11.5 Å². The molecule has 1 aromatic carbocycles. The van der Waals surface area contributed by atoms with E-state index in [1.165, 1.54) is 11.8 Å². The Morgan fingerprint density at radius 2 is 2.16 bits per heavy atom. The molecule has 2 amide bonds. The van der Waals surface area contributed by atoms with Crippen LogP contribution in [-0.4, -0.2) is 67.5 Å². The highest BCUT2D eigenvalue weighted by Crippen LogP contribution is 2.42. The molecular weight excluding hydrogens is 566 g/mol. The molecule has 0 aliphatic carbocycles. The van der Waals surface area contributed by atoms with Gasteiger partial charge in [0.05, 0.1) is 6.33 Å². The van der Waals surface area contributed by atoms with Crippen molar-refractivity contribution in [1.82, 2.24) is 29.7 Å². The standard InChI is InChI=1S/C23H26BrN7O5S/c1-12(27-23(33)34)21(32)30-5-2-3-13(9-30)4-6-31-10-26-19(25)18-20(31)29-22(28-18)37-17-8-16-15(7-14(17)24)35-11-36-16/h7-8,10,12-13,25,27H,2-6,9,11H2,1H3,(H,28,29)(H,33,34)/t12-,13?/m0/s1. The zero-order valence-corrected chi connectivity index (χ0v) is 22.4. The lowest BCUT2D eigenvalue weighted by molar-refractivity contribution is -0.134. The van der Waals surface area contributed by atoms with Crippen LogP contribution in [0.25, 0.3) is 11.2 Å². The van der Waals surface area contributed by atoms with E-state index in [4.69, 9.17) is 25.0 Å². The summed E-state index contributed by atoms with van der Waals surface area (Å²) < 4.78 is 13.7. The van der Waals surface area contributed by atoms with Crippen molar-refractivity contribution in [1.29, 1.82) is 5.41 Å². The van der Waals surface area contributed by atoms with E-state index >= 15 is 0 Å². The van der Waals surface area contributed by atoms with Crippen molar-refractivity contribution in [2.75, 3.05) is 19.9 Å². The number of benzene rings is 1. The molecule has 2 aliphatic rings. The number of amides is 2. The van der Waals surface area contributed by atoms with Gasteiger partial charge in [0.2, 0.25) is 12.7 Å². The van der Waals surface area contributed by atoms with Gasteiger partial charge in [0.1, 0.15) is 11.6 Å². The zero-order chi connectivity index (χ0) is 26.1. The van der Waals surface area contributed by atoms with E-state index in [-0.39, 0.29) is 24.1 Å². The molecule has 0 saturated carbocycles. The summed E-state index contributed by atoms with van der Waals surface area (Å²) in [7, 11) is 0. The lowest BCUT2D eigenvalue weighted by Gasteiger charge is -2.34. The molecule has 12 nitrogen and oxygen atoms in total. The summed E-state index contributed by atoms with van der Waals surface area (Å²) in [5, 5.41) is 20.0. The molecular formula is C23H26BrN7O5S. The Bertz CT molecular complexity index is 1410. The first-order valence-electron chi connectivity index (χ1n) is 11.8. The molecule has 5 rings (SSSR count). The lowest BCUT2D eigenvalue weighted by atomic mass is 9.94. The number of imidazole rings is 1. The van der Waals surface area contributed by atoms with Crippen LogP contribution in [0.1, 0.15) is 26.2 Å². The molecule has 4 heterocycles. The smallest absolute Gasteiger partial charge is 0.405 e. The molecule has 1 unspecified atom stereocenters. The van der Waals surface area contributed by atoms with Gasteiger partial charge in [-0.2, -0.15) is 0 Å². The van der Waals surface area contributed by atoms with Crippen LogP contribution >= 0.6 is 27.7 Å². The van der Waals surface area contributed by atoms with Crippen molar-refractivity contribution in [3.05, 3.63) is 28.4 Å². The summed E-state index contributed by atoms with van der Waals surface area (Å²) in [6, 6.07) is 2.98. The summed E-state index contributed by atoms with van der Waals surface area (Å²) in [6.07, 6.45) is 3.07. The summed E-state index contributed by atoms with van der Waals surface area (Å²) in [5.41, 5.74) is 1.31. The third kappa shape index (κ3) is 5.54. The summed E-state index contributed by atoms with van der Waals surface area (Å²) in [5.74, 6) is 1.43. The number of H-pyrrole nitrogens is 1. The molecule has 2 aromatic heterocycles. The van der Waals surface area contributed by atoms with Crippen molar-refractivity contribution >= 4 is 50.9 Å². The topological polar surface area (TPSA) is 158 Å². The molecule has 1 fully saturated rings. The van der Waals surface area contributed by atoms with Gasteiger partial charge in [-0.15, -0.1) is 0 Å². The molecule has 3 aromatic rings. The van der Waals surface area contributed by atoms with E-state index < -0.39 is 12.1 Å².